The Morgan fingerprint density at radius 3 is 2.81 bits per heavy atom. The third kappa shape index (κ3) is 5.55. The molecule has 1 amide bonds. The molecule has 0 spiro atoms. The topological polar surface area (TPSA) is 64.3 Å². The van der Waals surface area contributed by atoms with Crippen LogP contribution in [-0.2, 0) is 11.3 Å². The van der Waals surface area contributed by atoms with E-state index in [0.717, 1.165) is 50.7 Å². The number of hydrogen-bond donors (Lipinski definition) is 2. The summed E-state index contributed by atoms with van der Waals surface area (Å²) < 4.78 is 0. The number of imidazole rings is 1. The number of likely N-dealkylation sites (N-methyl/N-ethyl adjacent to an activating group) is 1. The quantitative estimate of drug-likeness (QED) is 0.746. The molecule has 3 heterocycles. The smallest absolute Gasteiger partial charge is 0.220 e. The second kappa shape index (κ2) is 9.51. The van der Waals surface area contributed by atoms with Gasteiger partial charge in [0.15, 0.2) is 0 Å². The summed E-state index contributed by atoms with van der Waals surface area (Å²) in [4.78, 5) is 24.9. The number of hydrogen-bond acceptors (Lipinski definition) is 4. The van der Waals surface area contributed by atoms with Crippen LogP contribution in [0.25, 0.3) is 0 Å². The molecule has 2 saturated heterocycles. The van der Waals surface area contributed by atoms with Gasteiger partial charge in [-0.05, 0) is 71.1 Å². The molecule has 0 saturated carbocycles. The lowest BCUT2D eigenvalue weighted by Crippen LogP contribution is -2.40. The van der Waals surface area contributed by atoms with Gasteiger partial charge in [-0.15, -0.1) is 0 Å². The molecule has 0 aliphatic carbocycles. The number of amides is 1. The number of nitrogens with one attached hydrogen (secondary N) is 2. The van der Waals surface area contributed by atoms with Crippen molar-refractivity contribution in [2.75, 3.05) is 32.7 Å². The van der Waals surface area contributed by atoms with Crippen LogP contribution in [0, 0.1) is 12.8 Å². The van der Waals surface area contributed by atoms with Crippen LogP contribution in [0.4, 0.5) is 0 Å². The minimum Gasteiger partial charge on any atom is -0.355 e. The van der Waals surface area contributed by atoms with Gasteiger partial charge in [-0.25, -0.2) is 4.98 Å². The fourth-order valence-electron chi connectivity index (χ4n) is 4.39. The molecule has 2 fully saturated rings. The van der Waals surface area contributed by atoms with Crippen molar-refractivity contribution in [1.82, 2.24) is 25.1 Å². The summed E-state index contributed by atoms with van der Waals surface area (Å²) in [6.07, 6.45) is 8.49. The number of aromatic nitrogens is 2. The molecule has 2 aliphatic heterocycles. The zero-order chi connectivity index (χ0) is 18.4. The summed E-state index contributed by atoms with van der Waals surface area (Å²) in [5, 5.41) is 3.17. The number of rotatable bonds is 8. The van der Waals surface area contributed by atoms with Crippen LogP contribution in [-0.4, -0.2) is 64.4 Å². The molecule has 26 heavy (non-hydrogen) atoms. The summed E-state index contributed by atoms with van der Waals surface area (Å²) in [5.41, 5.74) is 1.13. The highest BCUT2D eigenvalue weighted by molar-refractivity contribution is 5.75. The van der Waals surface area contributed by atoms with Crippen LogP contribution >= 0.6 is 0 Å². The highest BCUT2D eigenvalue weighted by Gasteiger charge is 2.24. The number of nitrogens with zero attached hydrogens (tertiary/aromatic N) is 3. The van der Waals surface area contributed by atoms with Gasteiger partial charge in [0.1, 0.15) is 5.82 Å². The highest BCUT2D eigenvalue weighted by Crippen LogP contribution is 2.23. The lowest BCUT2D eigenvalue weighted by Gasteiger charge is -2.31. The maximum atomic E-state index is 12.2. The Kier molecular flexibility index (Phi) is 7.08. The predicted octanol–water partition coefficient (Wildman–Crippen LogP) is 2.31. The van der Waals surface area contributed by atoms with E-state index in [2.05, 4.69) is 32.0 Å². The minimum atomic E-state index is 0.237. The molecule has 1 aromatic heterocycles. The number of H-pyrrole nitrogens is 1. The molecular weight excluding hydrogens is 326 g/mol. The number of carbonyl (C=O) groups is 1. The molecular formula is C20H35N5O. The lowest BCUT2D eigenvalue weighted by atomic mass is 9.92. The van der Waals surface area contributed by atoms with Crippen molar-refractivity contribution in [3.05, 3.63) is 17.7 Å². The van der Waals surface area contributed by atoms with E-state index in [1.807, 2.05) is 13.1 Å². The van der Waals surface area contributed by atoms with E-state index in [-0.39, 0.29) is 5.91 Å². The Hall–Kier alpha value is -1.40. The van der Waals surface area contributed by atoms with Gasteiger partial charge in [0.05, 0.1) is 6.54 Å². The Bertz CT molecular complexity index is 564. The number of aryl methyl sites for hydroxylation is 1. The van der Waals surface area contributed by atoms with Crippen molar-refractivity contribution in [1.29, 1.82) is 0 Å². The van der Waals surface area contributed by atoms with E-state index >= 15 is 0 Å². The van der Waals surface area contributed by atoms with Gasteiger partial charge in [0, 0.05) is 30.9 Å². The second-order valence-corrected chi connectivity index (χ2v) is 8.00. The predicted molar refractivity (Wildman–Crippen MR) is 104 cm³/mol. The van der Waals surface area contributed by atoms with Gasteiger partial charge in [0.2, 0.25) is 5.91 Å². The van der Waals surface area contributed by atoms with E-state index in [0.29, 0.717) is 18.4 Å². The largest absolute Gasteiger partial charge is 0.355 e. The average Bonchev–Trinajstić information content (AvgIpc) is 3.27. The maximum absolute atomic E-state index is 12.2. The summed E-state index contributed by atoms with van der Waals surface area (Å²) >= 11 is 0. The van der Waals surface area contributed by atoms with E-state index < -0.39 is 0 Å². The molecule has 146 valence electrons. The van der Waals surface area contributed by atoms with Gasteiger partial charge in [-0.2, -0.15) is 0 Å². The van der Waals surface area contributed by atoms with E-state index in [1.165, 1.54) is 32.2 Å². The molecule has 0 bridgehead atoms. The molecule has 6 nitrogen and oxygen atoms in total. The molecule has 1 atom stereocenters. The first-order valence-corrected chi connectivity index (χ1v) is 10.4. The van der Waals surface area contributed by atoms with Crippen LogP contribution in [0.15, 0.2) is 6.20 Å². The summed E-state index contributed by atoms with van der Waals surface area (Å²) in [7, 11) is 0. The fourth-order valence-corrected chi connectivity index (χ4v) is 4.39. The standard InChI is InChI=1S/C20H35N5O/c1-3-25-10-4-5-18(25)14-22-20(26)7-6-17-8-11-24(12-9-17)15-19-21-13-16(2)23-19/h13,17-18H,3-12,14-15H2,1-2H3,(H,21,23)(H,22,26). The minimum absolute atomic E-state index is 0.237. The number of aromatic amines is 1. The Morgan fingerprint density at radius 2 is 2.12 bits per heavy atom. The third-order valence-corrected chi connectivity index (χ3v) is 6.06. The highest BCUT2D eigenvalue weighted by atomic mass is 16.1. The third-order valence-electron chi connectivity index (χ3n) is 6.06. The first kappa shape index (κ1) is 19.4. The molecule has 1 aromatic rings. The van der Waals surface area contributed by atoms with Gasteiger partial charge < -0.3 is 10.3 Å². The number of piperidine rings is 1. The summed E-state index contributed by atoms with van der Waals surface area (Å²) in [6, 6.07) is 0.553. The Balaban J connectivity index is 1.29. The monoisotopic (exact) mass is 361 g/mol. The Labute approximate surface area is 157 Å². The van der Waals surface area contributed by atoms with Gasteiger partial charge in [-0.1, -0.05) is 6.92 Å². The van der Waals surface area contributed by atoms with Crippen LogP contribution < -0.4 is 5.32 Å². The van der Waals surface area contributed by atoms with Crippen molar-refractivity contribution in [3.8, 4) is 0 Å². The van der Waals surface area contributed by atoms with E-state index in [4.69, 9.17) is 0 Å². The molecule has 6 heteroatoms. The lowest BCUT2D eigenvalue weighted by molar-refractivity contribution is -0.121. The summed E-state index contributed by atoms with van der Waals surface area (Å²) in [6.45, 7) is 10.5. The average molecular weight is 362 g/mol. The maximum Gasteiger partial charge on any atom is 0.220 e. The van der Waals surface area contributed by atoms with Crippen molar-refractivity contribution >= 4 is 5.91 Å². The van der Waals surface area contributed by atoms with Crippen molar-refractivity contribution in [2.45, 2.75) is 65.0 Å². The van der Waals surface area contributed by atoms with Crippen LogP contribution in [0.5, 0.6) is 0 Å². The second-order valence-electron chi connectivity index (χ2n) is 8.00. The zero-order valence-corrected chi connectivity index (χ0v) is 16.5. The summed E-state index contributed by atoms with van der Waals surface area (Å²) in [5.74, 6) is 1.99. The van der Waals surface area contributed by atoms with Gasteiger partial charge >= 0.3 is 0 Å². The normalized spacial score (nSPS) is 22.8. The number of carbonyl (C=O) groups excluding carboxylic acids is 1. The van der Waals surface area contributed by atoms with Crippen molar-refractivity contribution < 1.29 is 4.79 Å². The molecule has 0 aromatic carbocycles. The van der Waals surface area contributed by atoms with Crippen LogP contribution in [0.1, 0.15) is 57.0 Å². The van der Waals surface area contributed by atoms with Crippen LogP contribution in [0.3, 0.4) is 0 Å². The Morgan fingerprint density at radius 1 is 1.31 bits per heavy atom. The van der Waals surface area contributed by atoms with Crippen molar-refractivity contribution in [3.63, 3.8) is 0 Å². The molecule has 2 N–H and O–H groups in total. The molecule has 1 unspecified atom stereocenters. The fraction of sp³-hybridized carbons (Fsp3) is 0.800. The zero-order valence-electron chi connectivity index (χ0n) is 16.5. The molecule has 3 rings (SSSR count). The first-order chi connectivity index (χ1) is 12.6. The molecule has 0 radical (unpaired) electrons. The van der Waals surface area contributed by atoms with E-state index in [9.17, 15) is 4.79 Å². The SMILES string of the molecule is CCN1CCCC1CNC(=O)CCC1CCN(Cc2ncc(C)[nH]2)CC1. The van der Waals surface area contributed by atoms with Crippen molar-refractivity contribution in [2.24, 2.45) is 5.92 Å². The van der Waals surface area contributed by atoms with Gasteiger partial charge in [0.25, 0.3) is 0 Å². The first-order valence-electron chi connectivity index (χ1n) is 10.4. The van der Waals surface area contributed by atoms with Gasteiger partial charge in [-0.3, -0.25) is 14.6 Å². The molecule has 2 aliphatic rings. The van der Waals surface area contributed by atoms with E-state index in [1.54, 1.807) is 0 Å². The van der Waals surface area contributed by atoms with Crippen LogP contribution in [0.2, 0.25) is 0 Å². The number of likely N-dealkylation sites (tertiary alicyclic amines) is 2.